The van der Waals surface area contributed by atoms with Gasteiger partial charge >= 0.3 is 0 Å². The van der Waals surface area contributed by atoms with Gasteiger partial charge in [-0.25, -0.2) is 13.1 Å². The molecule has 3 aromatic rings. The number of likely N-dealkylation sites (N-methyl/N-ethyl adjacent to an activating group) is 1. The molecule has 0 saturated carbocycles. The summed E-state index contributed by atoms with van der Waals surface area (Å²) in [6, 6.07) is 10.7. The maximum absolute atomic E-state index is 12.7. The highest BCUT2D eigenvalue weighted by Gasteiger charge is 2.42. The van der Waals surface area contributed by atoms with Crippen molar-refractivity contribution in [3.8, 4) is 0 Å². The zero-order chi connectivity index (χ0) is 20.1. The van der Waals surface area contributed by atoms with Gasteiger partial charge in [0.05, 0.1) is 22.0 Å². The maximum Gasteiger partial charge on any atom is 0.240 e. The summed E-state index contributed by atoms with van der Waals surface area (Å²) in [5, 5.41) is 7.88. The Labute approximate surface area is 163 Å². The van der Waals surface area contributed by atoms with Crippen LogP contribution in [0.1, 0.15) is 25.0 Å². The standard InChI is InChI=1S/C20H22N4O3S/c1-20(2)16-11-15(5-7-18(16)24(3)19(20)25)28(26,27)22-9-8-13-4-6-17-14(10-13)12-21-23-17/h4-7,10-12,22H,8-9H2,1-3H3,(H,21,23). The Balaban J connectivity index is 1.51. The molecule has 0 saturated heterocycles. The number of H-pyrrole nitrogens is 1. The maximum atomic E-state index is 12.7. The van der Waals surface area contributed by atoms with Gasteiger partial charge in [0, 0.05) is 24.7 Å². The van der Waals surface area contributed by atoms with Crippen LogP contribution in [0.25, 0.3) is 10.9 Å². The molecule has 2 aromatic carbocycles. The molecule has 0 radical (unpaired) electrons. The lowest BCUT2D eigenvalue weighted by atomic mass is 9.86. The minimum Gasteiger partial charge on any atom is -0.314 e. The largest absolute Gasteiger partial charge is 0.314 e. The van der Waals surface area contributed by atoms with Gasteiger partial charge < -0.3 is 4.90 Å². The molecule has 1 aliphatic rings. The lowest BCUT2D eigenvalue weighted by Crippen LogP contribution is -2.33. The van der Waals surface area contributed by atoms with Crippen molar-refractivity contribution in [1.82, 2.24) is 14.9 Å². The summed E-state index contributed by atoms with van der Waals surface area (Å²) in [5.74, 6) is -0.0420. The van der Waals surface area contributed by atoms with Gasteiger partial charge in [-0.05, 0) is 61.7 Å². The van der Waals surface area contributed by atoms with Gasteiger partial charge in [0.2, 0.25) is 15.9 Å². The van der Waals surface area contributed by atoms with Crippen LogP contribution in [0.3, 0.4) is 0 Å². The van der Waals surface area contributed by atoms with E-state index < -0.39 is 15.4 Å². The fourth-order valence-corrected chi connectivity index (χ4v) is 4.74. The van der Waals surface area contributed by atoms with E-state index in [9.17, 15) is 13.2 Å². The van der Waals surface area contributed by atoms with Crippen LogP contribution in [-0.4, -0.2) is 38.1 Å². The Kier molecular flexibility index (Phi) is 4.28. The number of aromatic amines is 1. The summed E-state index contributed by atoms with van der Waals surface area (Å²) < 4.78 is 28.1. The first-order chi connectivity index (χ1) is 13.2. The van der Waals surface area contributed by atoms with Gasteiger partial charge in [-0.2, -0.15) is 5.10 Å². The molecule has 0 atom stereocenters. The molecule has 8 heteroatoms. The topological polar surface area (TPSA) is 95.2 Å². The summed E-state index contributed by atoms with van der Waals surface area (Å²) in [7, 11) is -1.96. The number of rotatable bonds is 5. The molecule has 1 aromatic heterocycles. The molecule has 2 N–H and O–H groups in total. The van der Waals surface area contributed by atoms with Crippen molar-refractivity contribution in [2.24, 2.45) is 0 Å². The average molecular weight is 398 g/mol. The second-order valence-corrected chi connectivity index (χ2v) is 9.37. The highest BCUT2D eigenvalue weighted by Crippen LogP contribution is 2.41. The number of benzene rings is 2. The van der Waals surface area contributed by atoms with Crippen LogP contribution in [-0.2, 0) is 26.7 Å². The van der Waals surface area contributed by atoms with Gasteiger partial charge in [0.25, 0.3) is 0 Å². The number of hydrogen-bond donors (Lipinski definition) is 2. The fraction of sp³-hybridized carbons (Fsp3) is 0.300. The number of aromatic nitrogens is 2. The van der Waals surface area contributed by atoms with E-state index in [1.54, 1.807) is 36.3 Å². The summed E-state index contributed by atoms with van der Waals surface area (Å²) >= 11 is 0. The number of amides is 1. The molecule has 1 aliphatic heterocycles. The summed E-state index contributed by atoms with van der Waals surface area (Å²) in [4.78, 5) is 14.1. The Hall–Kier alpha value is -2.71. The Morgan fingerprint density at radius 1 is 1.18 bits per heavy atom. The summed E-state index contributed by atoms with van der Waals surface area (Å²) in [6.45, 7) is 3.91. The second-order valence-electron chi connectivity index (χ2n) is 7.61. The molecule has 2 heterocycles. The van der Waals surface area contributed by atoms with Crippen LogP contribution in [0.4, 0.5) is 5.69 Å². The number of carbonyl (C=O) groups excluding carboxylic acids is 1. The molecular formula is C20H22N4O3S. The summed E-state index contributed by atoms with van der Waals surface area (Å²) in [6.07, 6.45) is 2.31. The van der Waals surface area contributed by atoms with Crippen LogP contribution >= 0.6 is 0 Å². The quantitative estimate of drug-likeness (QED) is 0.690. The number of nitrogens with one attached hydrogen (secondary N) is 2. The molecule has 146 valence electrons. The highest BCUT2D eigenvalue weighted by atomic mass is 32.2. The highest BCUT2D eigenvalue weighted by molar-refractivity contribution is 7.89. The predicted molar refractivity (Wildman–Crippen MR) is 108 cm³/mol. The van der Waals surface area contributed by atoms with E-state index in [-0.39, 0.29) is 17.3 Å². The number of nitrogens with zero attached hydrogens (tertiary/aromatic N) is 2. The molecule has 0 unspecified atom stereocenters. The third kappa shape index (κ3) is 2.98. The van der Waals surface area contributed by atoms with Crippen molar-refractivity contribution in [2.75, 3.05) is 18.5 Å². The lowest BCUT2D eigenvalue weighted by Gasteiger charge is -2.16. The smallest absolute Gasteiger partial charge is 0.240 e. The zero-order valence-corrected chi connectivity index (χ0v) is 16.8. The average Bonchev–Trinajstić information content (AvgIpc) is 3.19. The van der Waals surface area contributed by atoms with E-state index in [1.807, 2.05) is 32.0 Å². The molecule has 0 fully saturated rings. The lowest BCUT2D eigenvalue weighted by molar-refractivity contribution is -0.121. The molecule has 0 bridgehead atoms. The summed E-state index contributed by atoms with van der Waals surface area (Å²) in [5.41, 5.74) is 2.72. The van der Waals surface area contributed by atoms with E-state index >= 15 is 0 Å². The molecule has 0 aliphatic carbocycles. The number of anilines is 1. The van der Waals surface area contributed by atoms with Crippen LogP contribution in [0, 0.1) is 0 Å². The molecule has 7 nitrogen and oxygen atoms in total. The number of carbonyl (C=O) groups is 1. The normalized spacial score (nSPS) is 16.0. The molecule has 28 heavy (non-hydrogen) atoms. The van der Waals surface area contributed by atoms with E-state index in [0.717, 1.165) is 27.7 Å². The molecule has 1 amide bonds. The first-order valence-electron chi connectivity index (χ1n) is 9.04. The SMILES string of the molecule is CN1C(=O)C(C)(C)c2cc(S(=O)(=O)NCCc3ccc4[nH]ncc4c3)ccc21. The number of fused-ring (bicyclic) bond motifs is 2. The van der Waals surface area contributed by atoms with Gasteiger partial charge in [-0.1, -0.05) is 6.07 Å². The Bertz CT molecular complexity index is 1180. The van der Waals surface area contributed by atoms with Gasteiger partial charge in [0.1, 0.15) is 0 Å². The first-order valence-corrected chi connectivity index (χ1v) is 10.5. The molecule has 0 spiro atoms. The predicted octanol–water partition coefficient (Wildman–Crippen LogP) is 2.34. The van der Waals surface area contributed by atoms with Crippen LogP contribution in [0.15, 0.2) is 47.5 Å². The molecule has 4 rings (SSSR count). The zero-order valence-electron chi connectivity index (χ0n) is 16.0. The Morgan fingerprint density at radius 2 is 1.96 bits per heavy atom. The fourth-order valence-electron chi connectivity index (χ4n) is 3.68. The van der Waals surface area contributed by atoms with Crippen molar-refractivity contribution in [2.45, 2.75) is 30.6 Å². The van der Waals surface area contributed by atoms with E-state index in [1.165, 1.54) is 0 Å². The van der Waals surface area contributed by atoms with E-state index in [4.69, 9.17) is 0 Å². The minimum atomic E-state index is -3.67. The monoisotopic (exact) mass is 398 g/mol. The van der Waals surface area contributed by atoms with Crippen molar-refractivity contribution < 1.29 is 13.2 Å². The van der Waals surface area contributed by atoms with E-state index in [0.29, 0.717) is 6.42 Å². The third-order valence-electron chi connectivity index (χ3n) is 5.36. The first kappa shape index (κ1) is 18.6. The number of sulfonamides is 1. The minimum absolute atomic E-state index is 0.0420. The van der Waals surface area contributed by atoms with Crippen molar-refractivity contribution in [3.05, 3.63) is 53.7 Å². The van der Waals surface area contributed by atoms with Crippen molar-refractivity contribution in [3.63, 3.8) is 0 Å². The van der Waals surface area contributed by atoms with Crippen LogP contribution in [0.2, 0.25) is 0 Å². The van der Waals surface area contributed by atoms with Crippen molar-refractivity contribution in [1.29, 1.82) is 0 Å². The van der Waals surface area contributed by atoms with Gasteiger partial charge in [0.15, 0.2) is 0 Å². The van der Waals surface area contributed by atoms with Crippen LogP contribution < -0.4 is 9.62 Å². The van der Waals surface area contributed by atoms with Crippen molar-refractivity contribution >= 4 is 32.5 Å². The van der Waals surface area contributed by atoms with E-state index in [2.05, 4.69) is 14.9 Å². The Morgan fingerprint density at radius 3 is 2.75 bits per heavy atom. The van der Waals surface area contributed by atoms with Crippen LogP contribution in [0.5, 0.6) is 0 Å². The number of hydrogen-bond acceptors (Lipinski definition) is 4. The second kappa shape index (κ2) is 6.42. The van der Waals surface area contributed by atoms with Gasteiger partial charge in [-0.3, -0.25) is 9.89 Å². The molecular weight excluding hydrogens is 376 g/mol. The van der Waals surface area contributed by atoms with Gasteiger partial charge in [-0.15, -0.1) is 0 Å². The third-order valence-corrected chi connectivity index (χ3v) is 6.82.